The Morgan fingerprint density at radius 3 is 2.65 bits per heavy atom. The highest BCUT2D eigenvalue weighted by atomic mass is 32.2. The van der Waals surface area contributed by atoms with Gasteiger partial charge in [0.1, 0.15) is 6.07 Å². The Kier molecular flexibility index (Phi) is 5.32. The van der Waals surface area contributed by atoms with E-state index in [9.17, 15) is 13.2 Å². The Labute approximate surface area is 134 Å². The number of nitriles is 1. The van der Waals surface area contributed by atoms with Crippen molar-refractivity contribution in [3.63, 3.8) is 0 Å². The molecule has 0 aliphatic rings. The Morgan fingerprint density at radius 1 is 1.26 bits per heavy atom. The van der Waals surface area contributed by atoms with Crippen LogP contribution in [0.5, 0.6) is 0 Å². The number of carbonyl (C=O) groups is 1. The minimum Gasteiger partial charge on any atom is -0.447 e. The fourth-order valence-electron chi connectivity index (χ4n) is 1.99. The second kappa shape index (κ2) is 7.22. The summed E-state index contributed by atoms with van der Waals surface area (Å²) in [6.45, 7) is 1.35. The van der Waals surface area contributed by atoms with E-state index in [1.165, 1.54) is 13.0 Å². The lowest BCUT2D eigenvalue weighted by Gasteiger charge is -2.08. The van der Waals surface area contributed by atoms with Crippen LogP contribution < -0.4 is 4.72 Å². The summed E-state index contributed by atoms with van der Waals surface area (Å²) in [6, 6.07) is 14.0. The summed E-state index contributed by atoms with van der Waals surface area (Å²) in [4.78, 5) is 11.5. The van der Waals surface area contributed by atoms with Crippen molar-refractivity contribution in [1.29, 1.82) is 5.26 Å². The second-order valence-electron chi connectivity index (χ2n) is 4.92. The van der Waals surface area contributed by atoms with Crippen molar-refractivity contribution in [2.75, 3.05) is 6.54 Å². The topological polar surface area (TPSA) is 96.3 Å². The van der Waals surface area contributed by atoms with Gasteiger partial charge in [-0.25, -0.2) is 13.1 Å². The van der Waals surface area contributed by atoms with Crippen molar-refractivity contribution in [1.82, 2.24) is 4.72 Å². The summed E-state index contributed by atoms with van der Waals surface area (Å²) in [5.74, 6) is -0.625. The molecule has 0 aliphatic heterocycles. The molecule has 0 unspecified atom stereocenters. The van der Waals surface area contributed by atoms with Crippen LogP contribution in [0.4, 0.5) is 0 Å². The van der Waals surface area contributed by atoms with Crippen LogP contribution in [-0.4, -0.2) is 27.0 Å². The van der Waals surface area contributed by atoms with Crippen LogP contribution in [0.2, 0.25) is 0 Å². The van der Waals surface area contributed by atoms with Crippen LogP contribution in [0, 0.1) is 11.3 Å². The van der Waals surface area contributed by atoms with Crippen LogP contribution in [0.3, 0.4) is 0 Å². The average Bonchev–Trinajstić information content (AvgIpc) is 2.54. The van der Waals surface area contributed by atoms with Crippen LogP contribution >= 0.6 is 0 Å². The molecule has 1 N–H and O–H groups in total. The summed E-state index contributed by atoms with van der Waals surface area (Å²) < 4.78 is 31.5. The number of nitrogens with one attached hydrogen (secondary N) is 1. The van der Waals surface area contributed by atoms with Crippen molar-refractivity contribution in [2.45, 2.75) is 24.3 Å². The van der Waals surface area contributed by atoms with Crippen molar-refractivity contribution in [3.05, 3.63) is 42.5 Å². The molecule has 1 atom stereocenters. The zero-order valence-corrected chi connectivity index (χ0v) is 13.3. The number of hydrogen-bond donors (Lipinski definition) is 1. The molecule has 0 saturated heterocycles. The van der Waals surface area contributed by atoms with E-state index in [0.717, 1.165) is 10.8 Å². The number of nitrogens with zero attached hydrogens (tertiary/aromatic N) is 1. The summed E-state index contributed by atoms with van der Waals surface area (Å²) in [7, 11) is -3.70. The summed E-state index contributed by atoms with van der Waals surface area (Å²) >= 11 is 0. The lowest BCUT2D eigenvalue weighted by atomic mass is 10.1. The smallest absolute Gasteiger partial charge is 0.308 e. The lowest BCUT2D eigenvalue weighted by Crippen LogP contribution is -2.27. The number of esters is 1. The van der Waals surface area contributed by atoms with E-state index in [0.29, 0.717) is 0 Å². The Hall–Kier alpha value is -2.43. The van der Waals surface area contributed by atoms with E-state index in [-0.39, 0.29) is 17.9 Å². The number of fused-ring (bicyclic) bond motifs is 1. The lowest BCUT2D eigenvalue weighted by molar-refractivity contribution is -0.145. The molecule has 0 amide bonds. The van der Waals surface area contributed by atoms with Gasteiger partial charge in [0.25, 0.3) is 0 Å². The summed E-state index contributed by atoms with van der Waals surface area (Å²) in [6.07, 6.45) is -0.988. The molecular formula is C16H16N2O4S. The van der Waals surface area contributed by atoms with E-state index >= 15 is 0 Å². The largest absolute Gasteiger partial charge is 0.447 e. The molecular weight excluding hydrogens is 316 g/mol. The van der Waals surface area contributed by atoms with Crippen molar-refractivity contribution < 1.29 is 17.9 Å². The van der Waals surface area contributed by atoms with Crippen LogP contribution in [0.25, 0.3) is 10.8 Å². The summed E-state index contributed by atoms with van der Waals surface area (Å²) in [5, 5.41) is 10.3. The van der Waals surface area contributed by atoms with E-state index in [2.05, 4.69) is 4.72 Å². The van der Waals surface area contributed by atoms with Crippen LogP contribution in [0.1, 0.15) is 13.3 Å². The number of rotatable bonds is 6. The van der Waals surface area contributed by atoms with Gasteiger partial charge < -0.3 is 4.74 Å². The van der Waals surface area contributed by atoms with Gasteiger partial charge in [0.15, 0.2) is 6.10 Å². The SMILES string of the molecule is C[C@@H](C#N)OC(=O)CCNS(=O)(=O)c1ccc2ccccc2c1. The number of carbonyl (C=O) groups excluding carboxylic acids is 1. The van der Waals surface area contributed by atoms with Gasteiger partial charge in [-0.05, 0) is 29.8 Å². The fraction of sp³-hybridized carbons (Fsp3) is 0.250. The third kappa shape index (κ3) is 4.52. The monoisotopic (exact) mass is 332 g/mol. The molecule has 0 aliphatic carbocycles. The van der Waals surface area contributed by atoms with Gasteiger partial charge in [0.2, 0.25) is 10.0 Å². The Balaban J connectivity index is 2.01. The molecule has 0 heterocycles. The highest BCUT2D eigenvalue weighted by molar-refractivity contribution is 7.89. The summed E-state index contributed by atoms with van der Waals surface area (Å²) in [5.41, 5.74) is 0. The molecule has 6 nitrogen and oxygen atoms in total. The molecule has 0 spiro atoms. The van der Waals surface area contributed by atoms with Gasteiger partial charge in [0, 0.05) is 6.54 Å². The third-order valence-electron chi connectivity index (χ3n) is 3.14. The first-order valence-electron chi connectivity index (χ1n) is 7.00. The first-order chi connectivity index (χ1) is 10.9. The number of ether oxygens (including phenoxy) is 1. The number of hydrogen-bond acceptors (Lipinski definition) is 5. The first kappa shape index (κ1) is 16.9. The predicted molar refractivity (Wildman–Crippen MR) is 84.9 cm³/mol. The van der Waals surface area contributed by atoms with Gasteiger partial charge >= 0.3 is 5.97 Å². The zero-order chi connectivity index (χ0) is 16.9. The molecule has 2 rings (SSSR count). The maximum Gasteiger partial charge on any atom is 0.308 e. The zero-order valence-electron chi connectivity index (χ0n) is 12.5. The van der Waals surface area contributed by atoms with E-state index in [1.54, 1.807) is 18.2 Å². The normalized spacial score (nSPS) is 12.5. The van der Waals surface area contributed by atoms with Crippen LogP contribution in [0.15, 0.2) is 47.4 Å². The highest BCUT2D eigenvalue weighted by Gasteiger charge is 2.15. The van der Waals surface area contributed by atoms with Gasteiger partial charge in [-0.1, -0.05) is 30.3 Å². The molecule has 7 heteroatoms. The minimum absolute atomic E-state index is 0.0911. The van der Waals surface area contributed by atoms with E-state index in [1.807, 2.05) is 24.3 Å². The molecule has 2 aromatic carbocycles. The number of benzene rings is 2. The van der Waals surface area contributed by atoms with E-state index < -0.39 is 22.1 Å². The van der Waals surface area contributed by atoms with Gasteiger partial charge in [0.05, 0.1) is 11.3 Å². The molecule has 2 aromatic rings. The van der Waals surface area contributed by atoms with Gasteiger partial charge in [-0.2, -0.15) is 5.26 Å². The molecule has 0 aromatic heterocycles. The molecule has 0 radical (unpaired) electrons. The quantitative estimate of drug-likeness (QED) is 0.816. The van der Waals surface area contributed by atoms with Gasteiger partial charge in [-0.15, -0.1) is 0 Å². The molecule has 120 valence electrons. The van der Waals surface area contributed by atoms with Crippen molar-refractivity contribution in [2.24, 2.45) is 0 Å². The number of sulfonamides is 1. The van der Waals surface area contributed by atoms with Crippen molar-refractivity contribution in [3.8, 4) is 6.07 Å². The average molecular weight is 332 g/mol. The molecule has 0 bridgehead atoms. The first-order valence-corrected chi connectivity index (χ1v) is 8.48. The maximum absolute atomic E-state index is 12.2. The predicted octanol–water partition coefficient (Wildman–Crippen LogP) is 1.96. The van der Waals surface area contributed by atoms with Crippen molar-refractivity contribution >= 4 is 26.8 Å². The minimum atomic E-state index is -3.70. The maximum atomic E-state index is 12.2. The van der Waals surface area contributed by atoms with Gasteiger partial charge in [-0.3, -0.25) is 4.79 Å². The molecule has 0 saturated carbocycles. The third-order valence-corrected chi connectivity index (χ3v) is 4.60. The Bertz CT molecular complexity index is 856. The fourth-order valence-corrected chi connectivity index (χ4v) is 3.05. The standard InChI is InChI=1S/C16H16N2O4S/c1-12(11-17)22-16(19)8-9-18-23(20,21)15-7-6-13-4-2-3-5-14(13)10-15/h2-7,10,12,18H,8-9H2,1H3/t12-/m0/s1. The molecule has 23 heavy (non-hydrogen) atoms. The highest BCUT2D eigenvalue weighted by Crippen LogP contribution is 2.18. The van der Waals surface area contributed by atoms with E-state index in [4.69, 9.17) is 10.00 Å². The second-order valence-corrected chi connectivity index (χ2v) is 6.68. The molecule has 0 fully saturated rings. The Morgan fingerprint density at radius 2 is 1.96 bits per heavy atom. The van der Waals surface area contributed by atoms with Crippen LogP contribution in [-0.2, 0) is 19.6 Å².